The molecule has 1 saturated heterocycles. The number of nitrogens with zero attached hydrogens (tertiary/aromatic N) is 1. The Morgan fingerprint density at radius 3 is 2.60 bits per heavy atom. The predicted molar refractivity (Wildman–Crippen MR) is 197 cm³/mol. The van der Waals surface area contributed by atoms with Crippen molar-refractivity contribution in [2.45, 2.75) is 137 Å². The van der Waals surface area contributed by atoms with Crippen LogP contribution in [0.4, 0.5) is 0 Å². The van der Waals surface area contributed by atoms with Crippen LogP contribution in [-0.2, 0) is 0 Å². The van der Waals surface area contributed by atoms with Gasteiger partial charge in [0.05, 0.1) is 6.04 Å². The van der Waals surface area contributed by atoms with Crippen LogP contribution in [0.15, 0.2) is 75.6 Å². The first-order valence-electron chi connectivity index (χ1n) is 17.2. The van der Waals surface area contributed by atoms with Crippen LogP contribution in [-0.4, -0.2) is 22.8 Å². The monoisotopic (exact) mass is 609 g/mol. The summed E-state index contributed by atoms with van der Waals surface area (Å²) in [4.78, 5) is 6.31. The van der Waals surface area contributed by atoms with Crippen LogP contribution in [0.2, 0.25) is 0 Å². The van der Waals surface area contributed by atoms with Crippen molar-refractivity contribution < 1.29 is 0 Å². The highest BCUT2D eigenvalue weighted by atomic mass is 32.2. The maximum atomic E-state index is 5.08. The highest BCUT2D eigenvalue weighted by molar-refractivity contribution is 8.05. The van der Waals surface area contributed by atoms with Crippen LogP contribution in [0.5, 0.6) is 0 Å². The first-order valence-corrected chi connectivity index (χ1v) is 19.2. The molecule has 3 heteroatoms. The van der Waals surface area contributed by atoms with Crippen LogP contribution in [0.25, 0.3) is 0 Å². The molecule has 42 heavy (non-hydrogen) atoms. The average Bonchev–Trinajstić information content (AvgIpc) is 3.49. The summed E-state index contributed by atoms with van der Waals surface area (Å²) in [6.45, 7) is 20.1. The third kappa shape index (κ3) is 14.1. The number of aliphatic imine (C=N–C) groups is 1. The largest absolute Gasteiger partial charge is 0.286 e. The molecule has 2 rings (SSSR count). The van der Waals surface area contributed by atoms with Gasteiger partial charge < -0.3 is 0 Å². The molecular formula is C39H63NS2. The van der Waals surface area contributed by atoms with Gasteiger partial charge in [0.2, 0.25) is 0 Å². The van der Waals surface area contributed by atoms with Gasteiger partial charge in [-0.1, -0.05) is 116 Å². The summed E-state index contributed by atoms with van der Waals surface area (Å²) in [6.07, 6.45) is 31.7. The number of hydrogen-bond acceptors (Lipinski definition) is 3. The molecule has 0 aromatic carbocycles. The molecule has 0 N–H and O–H groups in total. The van der Waals surface area contributed by atoms with Crippen LogP contribution >= 0.6 is 23.5 Å². The second-order valence-electron chi connectivity index (χ2n) is 12.6. The summed E-state index contributed by atoms with van der Waals surface area (Å²) in [7, 11) is 0. The normalized spacial score (nSPS) is 24.5. The van der Waals surface area contributed by atoms with Crippen LogP contribution in [0.1, 0.15) is 126 Å². The second kappa shape index (κ2) is 21.5. The highest BCUT2D eigenvalue weighted by Gasteiger charge is 2.29. The van der Waals surface area contributed by atoms with Gasteiger partial charge in [-0.3, -0.25) is 4.99 Å². The zero-order valence-corrected chi connectivity index (χ0v) is 29.9. The van der Waals surface area contributed by atoms with E-state index in [2.05, 4.69) is 115 Å². The molecule has 0 aromatic heterocycles. The molecule has 1 nitrogen and oxygen atoms in total. The highest BCUT2D eigenvalue weighted by Crippen LogP contribution is 2.41. The molecule has 6 unspecified atom stereocenters. The molecule has 1 aliphatic carbocycles. The Labute approximate surface area is 270 Å². The molecule has 0 radical (unpaired) electrons. The number of unbranched alkanes of at least 4 members (excludes halogenated alkanes) is 1. The van der Waals surface area contributed by atoms with Gasteiger partial charge in [0.1, 0.15) is 0 Å². The fourth-order valence-electron chi connectivity index (χ4n) is 5.91. The van der Waals surface area contributed by atoms with Gasteiger partial charge in [-0.25, -0.2) is 0 Å². The molecule has 236 valence electrons. The fourth-order valence-corrected chi connectivity index (χ4v) is 8.05. The van der Waals surface area contributed by atoms with Crippen molar-refractivity contribution in [2.24, 2.45) is 28.7 Å². The van der Waals surface area contributed by atoms with Crippen LogP contribution in [0.3, 0.4) is 0 Å². The van der Waals surface area contributed by atoms with Crippen molar-refractivity contribution in [1.82, 2.24) is 0 Å². The molecular weight excluding hydrogens is 547 g/mol. The standard InChI is InChI=1S/C39H63NS2/c1-9-14-16-33(12-4)26-36(31(7)19-18-30(6)28-41-32(8)11-3)21-20-34-27-39(42-29-34)35-22-24-38(25-23-35)40-37(13-5)17-15-10-2/h15,17-22,28,31,33-34,36,38-39H,8-14,16,23-27,29H2,1-7H3/b17-15-,19-18?,21-20?,30-28?,40-37?. The molecule has 0 bridgehead atoms. The number of allylic oxidation sites excluding steroid dienone is 8. The SMILES string of the molecule is C=C(CC)SC=C(C)C=CC(C)C(C=CC1CSC(C2=CCC(N=C(/C=C\CC)CC)CC2)C1)CC(CC)CCCC. The second-order valence-corrected chi connectivity index (χ2v) is 14.9. The van der Waals surface area contributed by atoms with Crippen molar-refractivity contribution in [1.29, 1.82) is 0 Å². The van der Waals surface area contributed by atoms with Crippen LogP contribution < -0.4 is 0 Å². The number of thioether (sulfide) groups is 2. The van der Waals surface area contributed by atoms with Gasteiger partial charge in [-0.05, 0) is 104 Å². The summed E-state index contributed by atoms with van der Waals surface area (Å²) in [5.74, 6) is 3.96. The average molecular weight is 610 g/mol. The molecule has 1 aliphatic heterocycles. The minimum atomic E-state index is 0.476. The Kier molecular flexibility index (Phi) is 18.9. The Balaban J connectivity index is 2.03. The van der Waals surface area contributed by atoms with E-state index in [9.17, 15) is 0 Å². The molecule has 1 heterocycles. The van der Waals surface area contributed by atoms with E-state index in [0.717, 1.165) is 31.6 Å². The molecule has 6 atom stereocenters. The zero-order valence-electron chi connectivity index (χ0n) is 28.2. The van der Waals surface area contributed by atoms with Gasteiger partial charge in [-0.15, -0.1) is 11.8 Å². The fraction of sp³-hybridized carbons (Fsp3) is 0.667. The van der Waals surface area contributed by atoms with Gasteiger partial charge >= 0.3 is 0 Å². The van der Waals surface area contributed by atoms with Crippen molar-refractivity contribution >= 4 is 29.2 Å². The van der Waals surface area contributed by atoms with E-state index >= 15 is 0 Å². The van der Waals surface area contributed by atoms with E-state index in [4.69, 9.17) is 4.99 Å². The first-order chi connectivity index (χ1) is 20.3. The summed E-state index contributed by atoms with van der Waals surface area (Å²) >= 11 is 3.98. The maximum absolute atomic E-state index is 5.08. The Bertz CT molecular complexity index is 965. The van der Waals surface area contributed by atoms with E-state index in [1.165, 1.54) is 73.3 Å². The van der Waals surface area contributed by atoms with Crippen molar-refractivity contribution in [3.05, 3.63) is 70.6 Å². The van der Waals surface area contributed by atoms with Gasteiger partial charge in [0.25, 0.3) is 0 Å². The summed E-state index contributed by atoms with van der Waals surface area (Å²) in [5.41, 5.74) is 4.30. The zero-order chi connectivity index (χ0) is 30.7. The van der Waals surface area contributed by atoms with E-state index in [1.807, 2.05) is 0 Å². The van der Waals surface area contributed by atoms with Gasteiger partial charge in [0, 0.05) is 16.7 Å². The van der Waals surface area contributed by atoms with E-state index < -0.39 is 0 Å². The smallest absolute Gasteiger partial charge is 0.0540 e. The lowest BCUT2D eigenvalue weighted by Gasteiger charge is -2.24. The lowest BCUT2D eigenvalue weighted by molar-refractivity contribution is 0.336. The third-order valence-corrected chi connectivity index (χ3v) is 11.7. The lowest BCUT2D eigenvalue weighted by atomic mass is 9.81. The summed E-state index contributed by atoms with van der Waals surface area (Å²) in [6, 6.07) is 0.476. The molecule has 0 saturated carbocycles. The molecule has 2 aliphatic rings. The molecule has 0 amide bonds. The predicted octanol–water partition coefficient (Wildman–Crippen LogP) is 12.9. The first kappa shape index (κ1) is 37.0. The lowest BCUT2D eigenvalue weighted by Crippen LogP contribution is -2.16. The minimum Gasteiger partial charge on any atom is -0.286 e. The molecule has 0 spiro atoms. The van der Waals surface area contributed by atoms with Crippen molar-refractivity contribution in [3.8, 4) is 0 Å². The van der Waals surface area contributed by atoms with E-state index in [0.29, 0.717) is 29.0 Å². The minimum absolute atomic E-state index is 0.476. The van der Waals surface area contributed by atoms with E-state index in [1.54, 1.807) is 17.3 Å². The Hall–Kier alpha value is -1.19. The summed E-state index contributed by atoms with van der Waals surface area (Å²) < 4.78 is 0. The Morgan fingerprint density at radius 2 is 1.95 bits per heavy atom. The number of rotatable bonds is 19. The van der Waals surface area contributed by atoms with Crippen LogP contribution in [0, 0.1) is 23.7 Å². The molecule has 1 fully saturated rings. The van der Waals surface area contributed by atoms with Gasteiger partial charge in [0.15, 0.2) is 0 Å². The quantitative estimate of drug-likeness (QED) is 0.0820. The van der Waals surface area contributed by atoms with E-state index in [-0.39, 0.29) is 0 Å². The Morgan fingerprint density at radius 1 is 1.14 bits per heavy atom. The molecule has 0 aromatic rings. The van der Waals surface area contributed by atoms with Gasteiger partial charge in [-0.2, -0.15) is 11.8 Å². The number of hydrogen-bond donors (Lipinski definition) is 0. The maximum Gasteiger partial charge on any atom is 0.0540 e. The third-order valence-electron chi connectivity index (χ3n) is 9.04. The summed E-state index contributed by atoms with van der Waals surface area (Å²) in [5, 5.41) is 2.97. The topological polar surface area (TPSA) is 12.4 Å². The van der Waals surface area contributed by atoms with Crippen molar-refractivity contribution in [3.63, 3.8) is 0 Å². The van der Waals surface area contributed by atoms with Crippen molar-refractivity contribution in [2.75, 3.05) is 5.75 Å².